The van der Waals surface area contributed by atoms with Crippen molar-refractivity contribution in [3.63, 3.8) is 0 Å². The van der Waals surface area contributed by atoms with Crippen LogP contribution in [0.25, 0.3) is 10.6 Å². The van der Waals surface area contributed by atoms with Crippen molar-refractivity contribution in [1.29, 1.82) is 0 Å². The lowest BCUT2D eigenvalue weighted by Gasteiger charge is -2.31. The highest BCUT2D eigenvalue weighted by Crippen LogP contribution is 2.33. The maximum atomic E-state index is 11.7. The third-order valence-electron chi connectivity index (χ3n) is 3.68. The van der Waals surface area contributed by atoms with Crippen LogP contribution in [0.3, 0.4) is 0 Å². The van der Waals surface area contributed by atoms with Crippen LogP contribution in [0.1, 0.15) is 19.8 Å². The average molecular weight is 372 g/mol. The van der Waals surface area contributed by atoms with E-state index in [1.165, 1.54) is 11.3 Å². The zero-order chi connectivity index (χ0) is 16.2. The molecule has 0 radical (unpaired) electrons. The van der Waals surface area contributed by atoms with E-state index in [1.807, 2.05) is 24.4 Å². The number of thiophene rings is 1. The highest BCUT2D eigenvalue weighted by atomic mass is 35.5. The summed E-state index contributed by atoms with van der Waals surface area (Å²) in [7, 11) is 0. The zero-order valence-corrected chi connectivity index (χ0v) is 15.1. The number of nitrogens with zero attached hydrogens (tertiary/aromatic N) is 2. The molecule has 1 aliphatic rings. The number of rotatable bonds is 4. The van der Waals surface area contributed by atoms with Crippen molar-refractivity contribution < 1.29 is 9.53 Å². The van der Waals surface area contributed by atoms with Crippen LogP contribution in [0.2, 0.25) is 4.34 Å². The van der Waals surface area contributed by atoms with Gasteiger partial charge in [0.25, 0.3) is 0 Å². The molecule has 2 aromatic rings. The quantitative estimate of drug-likeness (QED) is 0.856. The van der Waals surface area contributed by atoms with Crippen molar-refractivity contribution in [2.45, 2.75) is 25.8 Å². The number of hydrogen-bond acceptors (Lipinski definition) is 6. The minimum Gasteiger partial charge on any atom is -0.450 e. The number of halogens is 1. The molecule has 3 rings (SSSR count). The van der Waals surface area contributed by atoms with Crippen molar-refractivity contribution in [3.8, 4) is 10.6 Å². The highest BCUT2D eigenvalue weighted by molar-refractivity contribution is 7.20. The molecule has 0 aromatic carbocycles. The van der Waals surface area contributed by atoms with Crippen molar-refractivity contribution in [2.24, 2.45) is 0 Å². The molecule has 0 aliphatic carbocycles. The van der Waals surface area contributed by atoms with Crippen LogP contribution in [0.5, 0.6) is 0 Å². The van der Waals surface area contributed by atoms with Crippen molar-refractivity contribution in [3.05, 3.63) is 21.8 Å². The first kappa shape index (κ1) is 16.5. The number of thiazole rings is 1. The molecule has 0 spiro atoms. The minimum atomic E-state index is -0.211. The Morgan fingerprint density at radius 2 is 2.26 bits per heavy atom. The molecule has 1 saturated heterocycles. The lowest BCUT2D eigenvalue weighted by molar-refractivity contribution is 0.0983. The molecule has 3 heterocycles. The first-order valence-corrected chi connectivity index (χ1v) is 9.62. The summed E-state index contributed by atoms with van der Waals surface area (Å²) in [5, 5.41) is 6.43. The maximum absolute atomic E-state index is 11.7. The number of nitrogens with one attached hydrogen (secondary N) is 1. The Bertz CT molecular complexity index is 665. The lowest BCUT2D eigenvalue weighted by Crippen LogP contribution is -2.42. The Labute approximate surface area is 148 Å². The molecule has 5 nitrogen and oxygen atoms in total. The summed E-state index contributed by atoms with van der Waals surface area (Å²) in [6, 6.07) is 4.22. The van der Waals surface area contributed by atoms with Crippen LogP contribution in [0, 0.1) is 0 Å². The summed E-state index contributed by atoms with van der Waals surface area (Å²) < 4.78 is 5.81. The first-order valence-electron chi connectivity index (χ1n) is 7.55. The number of carbonyl (C=O) groups excluding carboxylic acids is 1. The molecule has 1 N–H and O–H groups in total. The SMILES string of the molecule is CCOC(=O)N1CCC(Nc2nc(-c3ccc(Cl)s3)cs2)CC1. The topological polar surface area (TPSA) is 54.5 Å². The van der Waals surface area contributed by atoms with Crippen LogP contribution in [-0.2, 0) is 4.74 Å². The van der Waals surface area contributed by atoms with E-state index in [4.69, 9.17) is 16.3 Å². The van der Waals surface area contributed by atoms with Gasteiger partial charge < -0.3 is 15.0 Å². The molecule has 8 heteroatoms. The Hall–Kier alpha value is -1.31. The van der Waals surface area contributed by atoms with Crippen molar-refractivity contribution in [1.82, 2.24) is 9.88 Å². The van der Waals surface area contributed by atoms with E-state index in [2.05, 4.69) is 10.3 Å². The molecular formula is C15H18ClN3O2S2. The van der Waals surface area contributed by atoms with Gasteiger partial charge >= 0.3 is 6.09 Å². The van der Waals surface area contributed by atoms with E-state index < -0.39 is 0 Å². The monoisotopic (exact) mass is 371 g/mol. The molecule has 23 heavy (non-hydrogen) atoms. The summed E-state index contributed by atoms with van der Waals surface area (Å²) >= 11 is 9.10. The van der Waals surface area contributed by atoms with Crippen LogP contribution in [0.15, 0.2) is 17.5 Å². The molecule has 0 saturated carbocycles. The first-order chi connectivity index (χ1) is 11.2. The Kier molecular flexibility index (Phi) is 5.40. The lowest BCUT2D eigenvalue weighted by atomic mass is 10.1. The third-order valence-corrected chi connectivity index (χ3v) is 5.71. The molecule has 124 valence electrons. The average Bonchev–Trinajstić information content (AvgIpc) is 3.17. The molecule has 0 bridgehead atoms. The number of piperidine rings is 1. The predicted octanol–water partition coefficient (Wildman–Crippen LogP) is 4.56. The van der Waals surface area contributed by atoms with Crippen LogP contribution in [0.4, 0.5) is 9.93 Å². The number of aromatic nitrogens is 1. The Balaban J connectivity index is 1.53. The van der Waals surface area contributed by atoms with E-state index >= 15 is 0 Å². The van der Waals surface area contributed by atoms with Crippen LogP contribution in [-0.4, -0.2) is 41.7 Å². The molecular weight excluding hydrogens is 354 g/mol. The minimum absolute atomic E-state index is 0.211. The second kappa shape index (κ2) is 7.51. The number of carbonyl (C=O) groups is 1. The third kappa shape index (κ3) is 4.16. The van der Waals surface area contributed by atoms with Crippen molar-refractivity contribution in [2.75, 3.05) is 25.0 Å². The number of hydrogen-bond donors (Lipinski definition) is 1. The van der Waals surface area contributed by atoms with E-state index in [9.17, 15) is 4.79 Å². The second-order valence-electron chi connectivity index (χ2n) is 5.25. The van der Waals surface area contributed by atoms with Gasteiger partial charge in [0.2, 0.25) is 0 Å². The molecule has 2 aromatic heterocycles. The number of ether oxygens (including phenoxy) is 1. The number of anilines is 1. The van der Waals surface area contributed by atoms with Gasteiger partial charge in [0, 0.05) is 24.5 Å². The van der Waals surface area contributed by atoms with Crippen molar-refractivity contribution >= 4 is 45.5 Å². The van der Waals surface area contributed by atoms with Gasteiger partial charge in [-0.15, -0.1) is 22.7 Å². The summed E-state index contributed by atoms with van der Waals surface area (Å²) in [5.41, 5.74) is 0.957. The molecule has 0 unspecified atom stereocenters. The highest BCUT2D eigenvalue weighted by Gasteiger charge is 2.24. The van der Waals surface area contributed by atoms with E-state index in [1.54, 1.807) is 16.2 Å². The van der Waals surface area contributed by atoms with Gasteiger partial charge in [-0.2, -0.15) is 0 Å². The molecule has 1 aliphatic heterocycles. The van der Waals surface area contributed by atoms with Gasteiger partial charge in [0.15, 0.2) is 5.13 Å². The smallest absolute Gasteiger partial charge is 0.409 e. The Morgan fingerprint density at radius 1 is 1.48 bits per heavy atom. The van der Waals surface area contributed by atoms with E-state index in [0.29, 0.717) is 12.6 Å². The standard InChI is InChI=1S/C15H18ClN3O2S2/c1-2-21-15(20)19-7-5-10(6-8-19)17-14-18-11(9-22-14)12-3-4-13(16)23-12/h3-4,9-10H,2,5-8H2,1H3,(H,17,18). The summed E-state index contributed by atoms with van der Waals surface area (Å²) in [6.07, 6.45) is 1.59. The van der Waals surface area contributed by atoms with E-state index in [-0.39, 0.29) is 6.09 Å². The molecule has 0 atom stereocenters. The van der Waals surface area contributed by atoms with Crippen LogP contribution < -0.4 is 5.32 Å². The largest absolute Gasteiger partial charge is 0.450 e. The van der Waals surface area contributed by atoms with Gasteiger partial charge in [-0.05, 0) is 31.9 Å². The van der Waals surface area contributed by atoms with Gasteiger partial charge in [0.05, 0.1) is 21.5 Å². The second-order valence-corrected chi connectivity index (χ2v) is 7.82. The fraction of sp³-hybridized carbons (Fsp3) is 0.467. The normalized spacial score (nSPS) is 15.7. The summed E-state index contributed by atoms with van der Waals surface area (Å²) in [5.74, 6) is 0. The van der Waals surface area contributed by atoms with Gasteiger partial charge in [0.1, 0.15) is 0 Å². The van der Waals surface area contributed by atoms with Gasteiger partial charge in [-0.25, -0.2) is 9.78 Å². The zero-order valence-electron chi connectivity index (χ0n) is 12.8. The number of likely N-dealkylation sites (tertiary alicyclic amines) is 1. The summed E-state index contributed by atoms with van der Waals surface area (Å²) in [6.45, 7) is 3.68. The van der Waals surface area contributed by atoms with Gasteiger partial charge in [-0.3, -0.25) is 0 Å². The van der Waals surface area contributed by atoms with Crippen LogP contribution >= 0.6 is 34.3 Å². The molecule has 1 fully saturated rings. The number of amides is 1. The fourth-order valence-electron chi connectivity index (χ4n) is 2.50. The fourth-order valence-corrected chi connectivity index (χ4v) is 4.37. The maximum Gasteiger partial charge on any atom is 0.409 e. The summed E-state index contributed by atoms with van der Waals surface area (Å²) in [4.78, 5) is 19.2. The van der Waals surface area contributed by atoms with Gasteiger partial charge in [-0.1, -0.05) is 11.6 Å². The predicted molar refractivity (Wildman–Crippen MR) is 95.7 cm³/mol. The Morgan fingerprint density at radius 3 is 2.91 bits per heavy atom. The molecule has 1 amide bonds. The van der Waals surface area contributed by atoms with E-state index in [0.717, 1.165) is 46.0 Å².